The predicted molar refractivity (Wildman–Crippen MR) is 107 cm³/mol. The number of aromatic nitrogens is 2. The summed E-state index contributed by atoms with van der Waals surface area (Å²) < 4.78 is 16.3. The number of carbonyl (C=O) groups is 1. The maximum Gasteiger partial charge on any atom is 0.258 e. The van der Waals surface area contributed by atoms with Gasteiger partial charge in [-0.15, -0.1) is 0 Å². The molecule has 154 valence electrons. The number of anilines is 1. The van der Waals surface area contributed by atoms with Crippen molar-refractivity contribution in [2.45, 2.75) is 33.2 Å². The van der Waals surface area contributed by atoms with E-state index in [1.165, 1.54) is 6.42 Å². The summed E-state index contributed by atoms with van der Waals surface area (Å²) in [7, 11) is 0. The Bertz CT molecular complexity index is 889. The molecule has 0 saturated carbocycles. The zero-order valence-corrected chi connectivity index (χ0v) is 16.8. The molecule has 1 amide bonds. The predicted octanol–water partition coefficient (Wildman–Crippen LogP) is 2.45. The minimum Gasteiger partial charge on any atom is -0.467 e. The van der Waals surface area contributed by atoms with Crippen LogP contribution in [0.25, 0.3) is 0 Å². The van der Waals surface area contributed by atoms with Crippen LogP contribution < -0.4 is 24.4 Å². The van der Waals surface area contributed by atoms with Crippen molar-refractivity contribution in [2.75, 3.05) is 31.4 Å². The van der Waals surface area contributed by atoms with Crippen molar-refractivity contribution < 1.29 is 19.0 Å². The van der Waals surface area contributed by atoms with Crippen LogP contribution in [0.15, 0.2) is 24.3 Å². The second kappa shape index (κ2) is 8.55. The topological polar surface area (TPSA) is 85.8 Å². The molecule has 1 saturated heterocycles. The maximum atomic E-state index is 12.2. The molecule has 0 spiro atoms. The van der Waals surface area contributed by atoms with Crippen molar-refractivity contribution in [1.82, 2.24) is 15.3 Å². The molecule has 1 aromatic carbocycles. The number of nitrogens with one attached hydrogen (secondary N) is 1. The lowest BCUT2D eigenvalue weighted by molar-refractivity contribution is -0.123. The number of aryl methyl sites for hydroxylation is 1. The van der Waals surface area contributed by atoms with Gasteiger partial charge < -0.3 is 24.4 Å². The number of amides is 1. The summed E-state index contributed by atoms with van der Waals surface area (Å²) in [5, 5.41) is 2.84. The molecule has 2 aromatic rings. The molecule has 1 N–H and O–H groups in total. The third-order valence-electron chi connectivity index (χ3n) is 5.04. The van der Waals surface area contributed by atoms with Gasteiger partial charge in [0.2, 0.25) is 18.6 Å². The fourth-order valence-electron chi connectivity index (χ4n) is 3.55. The second-order valence-electron chi connectivity index (χ2n) is 7.59. The van der Waals surface area contributed by atoms with Gasteiger partial charge in [-0.05, 0) is 43.4 Å². The highest BCUT2D eigenvalue weighted by atomic mass is 16.7. The molecule has 0 unspecified atom stereocenters. The molecule has 0 aliphatic carbocycles. The zero-order valence-electron chi connectivity index (χ0n) is 16.8. The van der Waals surface area contributed by atoms with Crippen molar-refractivity contribution in [1.29, 1.82) is 0 Å². The van der Waals surface area contributed by atoms with Crippen molar-refractivity contribution in [2.24, 2.45) is 5.92 Å². The molecular weight excluding hydrogens is 372 g/mol. The number of nitrogens with zero attached hydrogens (tertiary/aromatic N) is 3. The molecule has 1 fully saturated rings. The van der Waals surface area contributed by atoms with E-state index >= 15 is 0 Å². The van der Waals surface area contributed by atoms with Gasteiger partial charge in [-0.3, -0.25) is 4.79 Å². The van der Waals surface area contributed by atoms with Gasteiger partial charge in [0.05, 0.1) is 0 Å². The monoisotopic (exact) mass is 398 g/mol. The zero-order chi connectivity index (χ0) is 20.2. The van der Waals surface area contributed by atoms with Gasteiger partial charge in [-0.2, -0.15) is 4.98 Å². The summed E-state index contributed by atoms with van der Waals surface area (Å²) in [6.07, 6.45) is 2.37. The van der Waals surface area contributed by atoms with Crippen molar-refractivity contribution >= 4 is 11.9 Å². The Kier molecular flexibility index (Phi) is 5.69. The number of carbonyl (C=O) groups excluding carboxylic acids is 1. The number of benzene rings is 1. The van der Waals surface area contributed by atoms with E-state index in [4.69, 9.17) is 14.2 Å². The Labute approximate surface area is 170 Å². The fraction of sp³-hybridized carbons (Fsp3) is 0.476. The fourth-order valence-corrected chi connectivity index (χ4v) is 3.55. The number of rotatable bonds is 6. The number of fused-ring (bicyclic) bond motifs is 1. The van der Waals surface area contributed by atoms with Crippen molar-refractivity contribution in [3.63, 3.8) is 0 Å². The number of hydrogen-bond acceptors (Lipinski definition) is 7. The highest BCUT2D eigenvalue weighted by molar-refractivity contribution is 5.77. The summed E-state index contributed by atoms with van der Waals surface area (Å²) in [4.78, 5) is 23.4. The van der Waals surface area contributed by atoms with E-state index in [0.29, 0.717) is 30.0 Å². The quantitative estimate of drug-likeness (QED) is 0.800. The van der Waals surface area contributed by atoms with E-state index in [1.807, 2.05) is 25.1 Å². The van der Waals surface area contributed by atoms with Gasteiger partial charge >= 0.3 is 0 Å². The van der Waals surface area contributed by atoms with Crippen LogP contribution in [0.5, 0.6) is 17.4 Å². The van der Waals surface area contributed by atoms with Gasteiger partial charge in [0.25, 0.3) is 5.91 Å². The maximum absolute atomic E-state index is 12.2. The molecular formula is C21H26N4O4. The van der Waals surface area contributed by atoms with E-state index in [0.717, 1.165) is 36.5 Å². The van der Waals surface area contributed by atoms with E-state index in [2.05, 4.69) is 27.1 Å². The van der Waals surface area contributed by atoms with Crippen LogP contribution in [-0.4, -0.2) is 42.4 Å². The third-order valence-corrected chi connectivity index (χ3v) is 5.04. The smallest absolute Gasteiger partial charge is 0.258 e. The van der Waals surface area contributed by atoms with Crippen LogP contribution in [0.4, 0.5) is 5.95 Å². The number of ether oxygens (including phenoxy) is 3. The Hall–Kier alpha value is -3.03. The summed E-state index contributed by atoms with van der Waals surface area (Å²) in [6.45, 7) is 6.56. The van der Waals surface area contributed by atoms with E-state index in [-0.39, 0.29) is 19.3 Å². The first-order valence-corrected chi connectivity index (χ1v) is 9.95. The molecule has 3 heterocycles. The highest BCUT2D eigenvalue weighted by Gasteiger charge is 2.20. The molecule has 8 heteroatoms. The lowest BCUT2D eigenvalue weighted by atomic mass is 10.0. The lowest BCUT2D eigenvalue weighted by Crippen LogP contribution is -2.35. The van der Waals surface area contributed by atoms with Crippen LogP contribution in [-0.2, 0) is 11.3 Å². The van der Waals surface area contributed by atoms with Crippen molar-refractivity contribution in [3.8, 4) is 17.4 Å². The minimum atomic E-state index is -0.216. The SMILES string of the molecule is Cc1cc(OCC(=O)NCc2ccc3c(c2)OCO3)nc(N2CCC[C@H](C)C2)n1. The van der Waals surface area contributed by atoms with Crippen LogP contribution in [0.2, 0.25) is 0 Å². The van der Waals surface area contributed by atoms with E-state index < -0.39 is 0 Å². The normalized spacial score (nSPS) is 17.9. The van der Waals surface area contributed by atoms with Gasteiger partial charge in [-0.25, -0.2) is 4.98 Å². The van der Waals surface area contributed by atoms with Gasteiger partial charge in [0.1, 0.15) is 0 Å². The Morgan fingerprint density at radius 3 is 3.00 bits per heavy atom. The number of hydrogen-bond donors (Lipinski definition) is 1. The van der Waals surface area contributed by atoms with E-state index in [9.17, 15) is 4.79 Å². The molecule has 4 rings (SSSR count). The highest BCUT2D eigenvalue weighted by Crippen LogP contribution is 2.32. The molecule has 1 aromatic heterocycles. The molecule has 2 aliphatic heterocycles. The Balaban J connectivity index is 1.30. The minimum absolute atomic E-state index is 0.100. The summed E-state index contributed by atoms with van der Waals surface area (Å²) in [6, 6.07) is 7.35. The van der Waals surface area contributed by atoms with E-state index in [1.54, 1.807) is 6.07 Å². The first-order valence-electron chi connectivity index (χ1n) is 9.95. The largest absolute Gasteiger partial charge is 0.467 e. The van der Waals surface area contributed by atoms with Crippen LogP contribution >= 0.6 is 0 Å². The summed E-state index contributed by atoms with van der Waals surface area (Å²) in [5.41, 5.74) is 1.76. The second-order valence-corrected chi connectivity index (χ2v) is 7.59. The average molecular weight is 398 g/mol. The van der Waals surface area contributed by atoms with Crippen LogP contribution in [0.1, 0.15) is 31.0 Å². The van der Waals surface area contributed by atoms with Crippen LogP contribution in [0.3, 0.4) is 0 Å². The summed E-state index contributed by atoms with van der Waals surface area (Å²) >= 11 is 0. The first-order chi connectivity index (χ1) is 14.1. The van der Waals surface area contributed by atoms with Crippen molar-refractivity contribution in [3.05, 3.63) is 35.5 Å². The summed E-state index contributed by atoms with van der Waals surface area (Å²) in [5.74, 6) is 2.92. The van der Waals surface area contributed by atoms with Gasteiger partial charge in [-0.1, -0.05) is 13.0 Å². The molecule has 2 aliphatic rings. The molecule has 8 nitrogen and oxygen atoms in total. The lowest BCUT2D eigenvalue weighted by Gasteiger charge is -2.31. The average Bonchev–Trinajstić information content (AvgIpc) is 3.18. The standard InChI is InChI=1S/C21H26N4O4/c1-14-4-3-7-25(11-14)21-23-15(2)8-20(24-21)27-12-19(26)22-10-16-5-6-17-18(9-16)29-13-28-17/h5-6,8-9,14H,3-4,7,10-13H2,1-2H3,(H,22,26)/t14-/m0/s1. The molecule has 29 heavy (non-hydrogen) atoms. The third kappa shape index (κ3) is 4.88. The molecule has 0 radical (unpaired) electrons. The molecule has 0 bridgehead atoms. The van der Waals surface area contributed by atoms with Gasteiger partial charge in [0, 0.05) is 31.4 Å². The molecule has 1 atom stereocenters. The van der Waals surface area contributed by atoms with Gasteiger partial charge in [0.15, 0.2) is 18.1 Å². The van der Waals surface area contributed by atoms with Crippen LogP contribution in [0, 0.1) is 12.8 Å². The Morgan fingerprint density at radius 2 is 2.14 bits per heavy atom. The Morgan fingerprint density at radius 1 is 1.28 bits per heavy atom. The first kappa shape index (κ1) is 19.3. The number of piperidine rings is 1.